The molecule has 0 saturated carbocycles. The average Bonchev–Trinajstić information content (AvgIpc) is 2.78. The Bertz CT molecular complexity index is 466. The Hall–Kier alpha value is -1.43. The van der Waals surface area contributed by atoms with Crippen molar-refractivity contribution in [2.75, 3.05) is 0 Å². The van der Waals surface area contributed by atoms with E-state index in [4.69, 9.17) is 10.6 Å². The maximum Gasteiger partial charge on any atom is 0.199 e. The Labute approximate surface area is 107 Å². The lowest BCUT2D eigenvalue weighted by atomic mass is 9.84. The van der Waals surface area contributed by atoms with Crippen LogP contribution in [-0.2, 0) is 10.5 Å². The Morgan fingerprint density at radius 3 is 2.72 bits per heavy atom. The highest BCUT2D eigenvalue weighted by atomic mass is 16.7. The molecular weight excluding hydrogens is 230 g/mol. The van der Waals surface area contributed by atoms with Gasteiger partial charge in [-0.25, -0.2) is 4.99 Å². The van der Waals surface area contributed by atoms with Gasteiger partial charge in [-0.15, -0.1) is 5.48 Å². The minimum Gasteiger partial charge on any atom is -0.394 e. The van der Waals surface area contributed by atoms with Crippen molar-refractivity contribution in [2.45, 2.75) is 38.1 Å². The summed E-state index contributed by atoms with van der Waals surface area (Å²) in [5.74, 6) is 0. The van der Waals surface area contributed by atoms with Crippen molar-refractivity contribution in [3.8, 4) is 0 Å². The van der Waals surface area contributed by atoms with Gasteiger partial charge in [-0.3, -0.25) is 0 Å². The van der Waals surface area contributed by atoms with Gasteiger partial charge in [0.1, 0.15) is 5.60 Å². The molecule has 1 aliphatic rings. The molecular formula is C13H19N3O2. The lowest BCUT2D eigenvalue weighted by Gasteiger charge is -2.36. The van der Waals surface area contributed by atoms with E-state index in [1.807, 2.05) is 31.2 Å². The Morgan fingerprint density at radius 2 is 2.22 bits per heavy atom. The number of rotatable bonds is 3. The predicted molar refractivity (Wildman–Crippen MR) is 69.7 cm³/mol. The Morgan fingerprint density at radius 1 is 1.50 bits per heavy atom. The van der Waals surface area contributed by atoms with Crippen LogP contribution in [0, 0.1) is 0 Å². The Kier molecular flexibility index (Phi) is 3.14. The molecule has 0 radical (unpaired) electrons. The number of aliphatic hydroxyl groups is 1. The smallest absolute Gasteiger partial charge is 0.199 e. The van der Waals surface area contributed by atoms with Crippen molar-refractivity contribution in [1.82, 2.24) is 5.48 Å². The summed E-state index contributed by atoms with van der Waals surface area (Å²) < 4.78 is 0. The molecule has 2 rings (SSSR count). The summed E-state index contributed by atoms with van der Waals surface area (Å²) >= 11 is 0. The molecule has 2 atom stereocenters. The maximum absolute atomic E-state index is 10.4. The van der Waals surface area contributed by atoms with Crippen LogP contribution >= 0.6 is 0 Å². The summed E-state index contributed by atoms with van der Waals surface area (Å²) in [7, 11) is 0. The monoisotopic (exact) mass is 249 g/mol. The first-order valence-corrected chi connectivity index (χ1v) is 5.92. The molecule has 18 heavy (non-hydrogen) atoms. The van der Waals surface area contributed by atoms with E-state index in [9.17, 15) is 5.11 Å². The molecule has 0 spiro atoms. The predicted octanol–water partition coefficient (Wildman–Crippen LogP) is 1.19. The molecule has 4 N–H and O–H groups in total. The molecule has 5 heteroatoms. The molecule has 0 fully saturated rings. The molecule has 0 aromatic heterocycles. The number of benzene rings is 1. The van der Waals surface area contributed by atoms with Gasteiger partial charge < -0.3 is 15.7 Å². The number of hydrogen-bond donors (Lipinski definition) is 3. The van der Waals surface area contributed by atoms with Gasteiger partial charge in [-0.05, 0) is 26.3 Å². The number of hydroxylamine groups is 1. The van der Waals surface area contributed by atoms with Gasteiger partial charge in [0.05, 0.1) is 0 Å². The summed E-state index contributed by atoms with van der Waals surface area (Å²) in [4.78, 5) is 9.27. The summed E-state index contributed by atoms with van der Waals surface area (Å²) in [5, 5.41) is 10.4. The summed E-state index contributed by atoms with van der Waals surface area (Å²) in [6, 6.07) is 7.60. The fraction of sp³-hybridized carbons (Fsp3) is 0.462. The van der Waals surface area contributed by atoms with E-state index in [2.05, 4.69) is 10.5 Å². The Balaban J connectivity index is 2.51. The summed E-state index contributed by atoms with van der Waals surface area (Å²) in [6.45, 7) is 5.28. The number of hydrogen-bond acceptors (Lipinski definition) is 5. The highest BCUT2D eigenvalue weighted by Gasteiger charge is 2.48. The summed E-state index contributed by atoms with van der Waals surface area (Å²) in [6.07, 6.45) is 1.30. The second-order valence-corrected chi connectivity index (χ2v) is 5.14. The number of nitrogens with one attached hydrogen (secondary N) is 1. The van der Waals surface area contributed by atoms with Crippen molar-refractivity contribution >= 4 is 6.40 Å². The number of nitrogens with zero attached hydrogens (tertiary/aromatic N) is 1. The standard InChI is InChI=1S/C13H19N3O2/c1-9(14)10-5-4-6-11(7-10)13(12(2,3)17)15-8-18-16-13/h4-9,16-17H,14H2,1-3H3/t9-,13?/m0/s1. The molecule has 1 unspecified atom stereocenters. The highest BCUT2D eigenvalue weighted by molar-refractivity contribution is 5.52. The fourth-order valence-electron chi connectivity index (χ4n) is 2.06. The molecule has 0 saturated heterocycles. The first-order valence-electron chi connectivity index (χ1n) is 5.92. The minimum atomic E-state index is -1.11. The van der Waals surface area contributed by atoms with Crippen LogP contribution in [0.3, 0.4) is 0 Å². The van der Waals surface area contributed by atoms with Crippen LogP contribution in [0.2, 0.25) is 0 Å². The zero-order valence-electron chi connectivity index (χ0n) is 10.8. The van der Waals surface area contributed by atoms with Crippen molar-refractivity contribution < 1.29 is 9.94 Å². The number of nitrogens with two attached hydrogens (primary N) is 1. The van der Waals surface area contributed by atoms with Crippen LogP contribution in [0.5, 0.6) is 0 Å². The van der Waals surface area contributed by atoms with Gasteiger partial charge in [-0.2, -0.15) is 0 Å². The second-order valence-electron chi connectivity index (χ2n) is 5.14. The first kappa shape index (κ1) is 13.0. The lowest BCUT2D eigenvalue weighted by molar-refractivity contribution is -0.0576. The largest absolute Gasteiger partial charge is 0.394 e. The topological polar surface area (TPSA) is 79.9 Å². The number of aliphatic imine (C=N–C) groups is 1. The van der Waals surface area contributed by atoms with Crippen LogP contribution in [-0.4, -0.2) is 17.1 Å². The molecule has 98 valence electrons. The molecule has 5 nitrogen and oxygen atoms in total. The van der Waals surface area contributed by atoms with E-state index in [1.54, 1.807) is 13.8 Å². The van der Waals surface area contributed by atoms with E-state index in [-0.39, 0.29) is 6.04 Å². The van der Waals surface area contributed by atoms with E-state index < -0.39 is 11.3 Å². The van der Waals surface area contributed by atoms with E-state index in [0.29, 0.717) is 0 Å². The third-order valence-corrected chi connectivity index (χ3v) is 3.22. The van der Waals surface area contributed by atoms with Crippen molar-refractivity contribution in [3.05, 3.63) is 35.4 Å². The molecule has 1 aromatic carbocycles. The fourth-order valence-corrected chi connectivity index (χ4v) is 2.06. The van der Waals surface area contributed by atoms with Crippen LogP contribution in [0.15, 0.2) is 29.3 Å². The minimum absolute atomic E-state index is 0.0740. The third kappa shape index (κ3) is 2.01. The third-order valence-electron chi connectivity index (χ3n) is 3.22. The van der Waals surface area contributed by atoms with Gasteiger partial charge in [0.15, 0.2) is 12.1 Å². The van der Waals surface area contributed by atoms with Crippen molar-refractivity contribution in [2.24, 2.45) is 10.7 Å². The van der Waals surface area contributed by atoms with Gasteiger partial charge >= 0.3 is 0 Å². The van der Waals surface area contributed by atoms with Gasteiger partial charge in [0, 0.05) is 11.6 Å². The second kappa shape index (κ2) is 4.35. The molecule has 1 heterocycles. The zero-order chi connectivity index (χ0) is 13.4. The van der Waals surface area contributed by atoms with Crippen LogP contribution < -0.4 is 11.2 Å². The lowest BCUT2D eigenvalue weighted by Crippen LogP contribution is -2.53. The zero-order valence-corrected chi connectivity index (χ0v) is 10.8. The normalized spacial score (nSPS) is 24.9. The summed E-state index contributed by atoms with van der Waals surface area (Å²) in [5.41, 5.74) is 8.35. The quantitative estimate of drug-likeness (QED) is 0.752. The van der Waals surface area contributed by atoms with Crippen LogP contribution in [0.4, 0.5) is 0 Å². The van der Waals surface area contributed by atoms with Crippen molar-refractivity contribution in [3.63, 3.8) is 0 Å². The SMILES string of the molecule is C[C@H](N)c1cccc(C2(C(C)(C)O)N=CON2)c1. The van der Waals surface area contributed by atoms with Gasteiger partial charge in [0.2, 0.25) is 0 Å². The molecule has 1 aliphatic heterocycles. The van der Waals surface area contributed by atoms with E-state index in [1.165, 1.54) is 6.40 Å². The van der Waals surface area contributed by atoms with Crippen LogP contribution in [0.1, 0.15) is 37.9 Å². The van der Waals surface area contributed by atoms with Crippen LogP contribution in [0.25, 0.3) is 0 Å². The van der Waals surface area contributed by atoms with Gasteiger partial charge in [0.25, 0.3) is 0 Å². The van der Waals surface area contributed by atoms with E-state index in [0.717, 1.165) is 11.1 Å². The molecule has 1 aromatic rings. The maximum atomic E-state index is 10.4. The molecule has 0 amide bonds. The van der Waals surface area contributed by atoms with Gasteiger partial charge in [-0.1, -0.05) is 24.3 Å². The van der Waals surface area contributed by atoms with E-state index >= 15 is 0 Å². The highest BCUT2D eigenvalue weighted by Crippen LogP contribution is 2.36. The molecule has 0 bridgehead atoms. The molecule has 0 aliphatic carbocycles. The average molecular weight is 249 g/mol. The first-order chi connectivity index (χ1) is 8.37. The van der Waals surface area contributed by atoms with Crippen molar-refractivity contribution in [1.29, 1.82) is 0 Å².